The van der Waals surface area contributed by atoms with E-state index in [-0.39, 0.29) is 0 Å². The summed E-state index contributed by atoms with van der Waals surface area (Å²) < 4.78 is 0. The summed E-state index contributed by atoms with van der Waals surface area (Å²) in [6, 6.07) is 33.1. The number of benzene rings is 3. The van der Waals surface area contributed by atoms with Crippen molar-refractivity contribution in [1.82, 2.24) is 0 Å². The molecule has 0 aromatic heterocycles. The Bertz CT molecular complexity index is 524. The molecule has 0 N–H and O–H groups in total. The van der Waals surface area contributed by atoms with Crippen LogP contribution in [0.2, 0.25) is 0 Å². The maximum Gasteiger partial charge on any atom is -0.00724 e. The van der Waals surface area contributed by atoms with Crippen LogP contribution in [0.25, 0.3) is 0 Å². The molecule has 0 unspecified atom stereocenters. The van der Waals surface area contributed by atoms with E-state index in [1.54, 1.807) is 0 Å². The summed E-state index contributed by atoms with van der Waals surface area (Å²) >= 11 is 0. The van der Waals surface area contributed by atoms with Gasteiger partial charge in [-0.3, -0.25) is 0 Å². The van der Waals surface area contributed by atoms with Gasteiger partial charge in [-0.05, 0) is 29.9 Å². The Labute approximate surface area is 115 Å². The van der Waals surface area contributed by atoms with Crippen molar-refractivity contribution in [3.8, 4) is 0 Å². The van der Waals surface area contributed by atoms with Gasteiger partial charge in [0, 0.05) is 0 Å². The molecule has 0 aliphatic heterocycles. The SMILES string of the molecule is [c]1ccccc1P(c1ccccc1)c1ccccc1. The molecule has 0 aliphatic rings. The van der Waals surface area contributed by atoms with E-state index >= 15 is 0 Å². The van der Waals surface area contributed by atoms with E-state index in [2.05, 4.69) is 78.9 Å². The van der Waals surface area contributed by atoms with Gasteiger partial charge in [-0.25, -0.2) is 0 Å². The van der Waals surface area contributed by atoms with Crippen molar-refractivity contribution in [3.05, 3.63) is 91.0 Å². The first kappa shape index (κ1) is 12.1. The maximum atomic E-state index is 3.39. The second-order valence-corrected chi connectivity index (χ2v) is 6.44. The molecule has 3 rings (SSSR count). The third-order valence-corrected chi connectivity index (χ3v) is 5.35. The molecular weight excluding hydrogens is 247 g/mol. The monoisotopic (exact) mass is 261 g/mol. The highest BCUT2D eigenvalue weighted by molar-refractivity contribution is 7.79. The van der Waals surface area contributed by atoms with E-state index < -0.39 is 7.92 Å². The lowest BCUT2D eigenvalue weighted by Gasteiger charge is -2.18. The molecule has 91 valence electrons. The number of hydrogen-bond acceptors (Lipinski definition) is 0. The van der Waals surface area contributed by atoms with Gasteiger partial charge in [-0.1, -0.05) is 84.9 Å². The Kier molecular flexibility index (Phi) is 3.72. The van der Waals surface area contributed by atoms with Gasteiger partial charge in [0.15, 0.2) is 0 Å². The van der Waals surface area contributed by atoms with Crippen molar-refractivity contribution < 1.29 is 0 Å². The second-order valence-electron chi connectivity index (χ2n) is 4.25. The first-order chi connectivity index (χ1) is 9.45. The zero-order valence-corrected chi connectivity index (χ0v) is 11.4. The summed E-state index contributed by atoms with van der Waals surface area (Å²) in [7, 11) is -0.502. The number of hydrogen-bond donors (Lipinski definition) is 0. The van der Waals surface area contributed by atoms with Gasteiger partial charge in [0.2, 0.25) is 0 Å². The minimum absolute atomic E-state index is 0.502. The summed E-state index contributed by atoms with van der Waals surface area (Å²) in [5.41, 5.74) is 0. The molecule has 0 aliphatic carbocycles. The Morgan fingerprint density at radius 1 is 0.579 bits per heavy atom. The van der Waals surface area contributed by atoms with E-state index in [1.807, 2.05) is 12.1 Å². The van der Waals surface area contributed by atoms with Crippen LogP contribution in [0.3, 0.4) is 0 Å². The molecular formula is C18H14P. The topological polar surface area (TPSA) is 0 Å². The Morgan fingerprint density at radius 2 is 1.11 bits per heavy atom. The zero-order chi connectivity index (χ0) is 12.9. The standard InChI is InChI=1S/C18H14P/c1-4-10-16(11-5-1)19(17-12-6-2-7-13-17)18-14-8-3-9-15-18/h1-14H. The van der Waals surface area contributed by atoms with E-state index in [0.29, 0.717) is 0 Å². The van der Waals surface area contributed by atoms with Crippen LogP contribution in [0.1, 0.15) is 0 Å². The molecule has 0 bridgehead atoms. The summed E-state index contributed by atoms with van der Waals surface area (Å²) in [6.45, 7) is 0. The van der Waals surface area contributed by atoms with Crippen molar-refractivity contribution in [1.29, 1.82) is 0 Å². The molecule has 0 saturated carbocycles. The molecule has 0 spiro atoms. The predicted octanol–water partition coefficient (Wildman–Crippen LogP) is 3.24. The third-order valence-electron chi connectivity index (χ3n) is 2.96. The molecule has 3 aromatic carbocycles. The van der Waals surface area contributed by atoms with Crippen LogP contribution < -0.4 is 15.9 Å². The number of rotatable bonds is 3. The van der Waals surface area contributed by atoms with Crippen LogP contribution in [-0.2, 0) is 0 Å². The van der Waals surface area contributed by atoms with Crippen molar-refractivity contribution >= 4 is 23.8 Å². The highest BCUT2D eigenvalue weighted by Crippen LogP contribution is 2.31. The molecule has 0 nitrogen and oxygen atoms in total. The maximum absolute atomic E-state index is 3.39. The summed E-state index contributed by atoms with van der Waals surface area (Å²) in [5, 5.41) is 4.01. The molecule has 0 fully saturated rings. The third kappa shape index (κ3) is 2.75. The molecule has 1 heteroatoms. The minimum Gasteiger partial charge on any atom is -0.0622 e. The van der Waals surface area contributed by atoms with Gasteiger partial charge in [0.25, 0.3) is 0 Å². The summed E-state index contributed by atoms with van der Waals surface area (Å²) in [5.74, 6) is 0. The fourth-order valence-corrected chi connectivity index (χ4v) is 4.34. The Morgan fingerprint density at radius 3 is 1.58 bits per heavy atom. The highest BCUT2D eigenvalue weighted by Gasteiger charge is 2.15. The zero-order valence-electron chi connectivity index (χ0n) is 10.5. The minimum atomic E-state index is -0.502. The van der Waals surface area contributed by atoms with E-state index in [1.165, 1.54) is 15.9 Å². The highest BCUT2D eigenvalue weighted by atomic mass is 31.1. The summed E-state index contributed by atoms with van der Waals surface area (Å²) in [6.07, 6.45) is 0. The summed E-state index contributed by atoms with van der Waals surface area (Å²) in [4.78, 5) is 0. The van der Waals surface area contributed by atoms with Crippen molar-refractivity contribution in [2.75, 3.05) is 0 Å². The van der Waals surface area contributed by atoms with Gasteiger partial charge < -0.3 is 0 Å². The largest absolute Gasteiger partial charge is 0.0622 e. The molecule has 1 radical (unpaired) electrons. The van der Waals surface area contributed by atoms with Crippen LogP contribution in [0.4, 0.5) is 0 Å². The lowest BCUT2D eigenvalue weighted by atomic mass is 10.4. The molecule has 0 heterocycles. The normalized spacial score (nSPS) is 10.6. The van der Waals surface area contributed by atoms with Crippen LogP contribution >= 0.6 is 7.92 Å². The van der Waals surface area contributed by atoms with Gasteiger partial charge in [-0.15, -0.1) is 0 Å². The van der Waals surface area contributed by atoms with Gasteiger partial charge >= 0.3 is 0 Å². The molecule has 3 aromatic rings. The van der Waals surface area contributed by atoms with E-state index in [4.69, 9.17) is 0 Å². The fraction of sp³-hybridized carbons (Fsp3) is 0. The average Bonchev–Trinajstić information content (AvgIpc) is 2.51. The van der Waals surface area contributed by atoms with E-state index in [9.17, 15) is 0 Å². The quantitative estimate of drug-likeness (QED) is 0.635. The first-order valence-corrected chi connectivity index (χ1v) is 7.66. The van der Waals surface area contributed by atoms with Crippen LogP contribution in [0.15, 0.2) is 84.9 Å². The molecule has 0 atom stereocenters. The van der Waals surface area contributed by atoms with Crippen LogP contribution in [-0.4, -0.2) is 0 Å². The second kappa shape index (κ2) is 5.82. The van der Waals surface area contributed by atoms with Crippen LogP contribution in [0, 0.1) is 6.07 Å². The molecule has 19 heavy (non-hydrogen) atoms. The Balaban J connectivity index is 2.12. The first-order valence-electron chi connectivity index (χ1n) is 6.32. The molecule has 0 saturated heterocycles. The Hall–Kier alpha value is -1.91. The van der Waals surface area contributed by atoms with Crippen molar-refractivity contribution in [2.45, 2.75) is 0 Å². The van der Waals surface area contributed by atoms with Gasteiger partial charge in [0.05, 0.1) is 0 Å². The van der Waals surface area contributed by atoms with E-state index in [0.717, 1.165) is 0 Å². The smallest absolute Gasteiger partial charge is 0.00724 e. The molecule has 0 amide bonds. The van der Waals surface area contributed by atoms with Crippen molar-refractivity contribution in [3.63, 3.8) is 0 Å². The van der Waals surface area contributed by atoms with Crippen LogP contribution in [0.5, 0.6) is 0 Å². The van der Waals surface area contributed by atoms with Crippen molar-refractivity contribution in [2.24, 2.45) is 0 Å². The lowest BCUT2D eigenvalue weighted by Crippen LogP contribution is -2.20. The fourth-order valence-electron chi connectivity index (χ4n) is 2.10. The average molecular weight is 261 g/mol. The van der Waals surface area contributed by atoms with Gasteiger partial charge in [0.1, 0.15) is 0 Å². The van der Waals surface area contributed by atoms with Gasteiger partial charge in [-0.2, -0.15) is 0 Å². The lowest BCUT2D eigenvalue weighted by molar-refractivity contribution is 1.73. The predicted molar refractivity (Wildman–Crippen MR) is 84.0 cm³/mol.